The van der Waals surface area contributed by atoms with Crippen molar-refractivity contribution in [1.82, 2.24) is 0 Å². The van der Waals surface area contributed by atoms with Crippen LogP contribution >= 0.6 is 0 Å². The monoisotopic (exact) mass is 148 g/mol. The van der Waals surface area contributed by atoms with Gasteiger partial charge in [-0.25, -0.2) is 9.18 Å². The first kappa shape index (κ1) is 8.94. The lowest BCUT2D eigenvalue weighted by Crippen LogP contribution is -1.98. The lowest BCUT2D eigenvalue weighted by atomic mass is 10.6. The zero-order chi connectivity index (χ0) is 7.82. The highest BCUT2D eigenvalue weighted by atomic mass is 19.1. The molecule has 0 unspecified atom stereocenters. The second-order valence-corrected chi connectivity index (χ2v) is 1.33. The molecule has 4 heteroatoms. The van der Waals surface area contributed by atoms with Crippen molar-refractivity contribution in [3.63, 3.8) is 0 Å². The van der Waals surface area contributed by atoms with Gasteiger partial charge in [0.15, 0.2) is 0 Å². The summed E-state index contributed by atoms with van der Waals surface area (Å²) >= 11 is 0. The van der Waals surface area contributed by atoms with Crippen LogP contribution in [0.5, 0.6) is 0 Å². The average Bonchev–Trinajstić information content (AvgIpc) is 1.89. The largest absolute Gasteiger partial charge is 0.470 e. The summed E-state index contributed by atoms with van der Waals surface area (Å²) < 4.78 is 19.8. The van der Waals surface area contributed by atoms with Crippen LogP contribution in [0.3, 0.4) is 0 Å². The molecule has 0 atom stereocenters. The molecule has 0 aliphatic heterocycles. The Kier molecular flexibility index (Phi) is 5.42. The van der Waals surface area contributed by atoms with Crippen LogP contribution in [0.1, 0.15) is 6.92 Å². The van der Waals surface area contributed by atoms with E-state index in [0.717, 1.165) is 12.3 Å². The fraction of sp³-hybridized carbons (Fsp3) is 0.500. The van der Waals surface area contributed by atoms with E-state index in [0.29, 0.717) is 6.61 Å². The van der Waals surface area contributed by atoms with Gasteiger partial charge in [-0.1, -0.05) is 0 Å². The molecular weight excluding hydrogens is 139 g/mol. The second kappa shape index (κ2) is 6.07. The molecule has 0 saturated carbocycles. The molecule has 0 aromatic heterocycles. The van der Waals surface area contributed by atoms with Crippen LogP contribution in [0.4, 0.5) is 4.39 Å². The van der Waals surface area contributed by atoms with E-state index in [9.17, 15) is 9.18 Å². The summed E-state index contributed by atoms with van der Waals surface area (Å²) in [5.41, 5.74) is 0. The predicted molar refractivity (Wildman–Crippen MR) is 32.8 cm³/mol. The minimum absolute atomic E-state index is 0.304. The topological polar surface area (TPSA) is 35.5 Å². The van der Waals surface area contributed by atoms with E-state index in [1.165, 1.54) is 0 Å². The summed E-state index contributed by atoms with van der Waals surface area (Å²) in [6.07, 6.45) is 1.97. The molecule has 0 amide bonds. The first-order valence-electron chi connectivity index (χ1n) is 2.82. The van der Waals surface area contributed by atoms with Gasteiger partial charge in [-0.05, 0) is 6.92 Å². The maximum Gasteiger partial charge on any atom is 0.333 e. The van der Waals surface area contributed by atoms with Gasteiger partial charge in [0.2, 0.25) is 6.86 Å². The van der Waals surface area contributed by atoms with Crippen LogP contribution in [0.15, 0.2) is 12.3 Å². The fourth-order valence-electron chi connectivity index (χ4n) is 0.330. The molecule has 0 heterocycles. The van der Waals surface area contributed by atoms with Gasteiger partial charge in [-0.3, -0.25) is 0 Å². The Balaban J connectivity index is 3.36. The number of halogens is 1. The Labute approximate surface area is 58.4 Å². The highest BCUT2D eigenvalue weighted by molar-refractivity contribution is 5.81. The smallest absolute Gasteiger partial charge is 0.333 e. The Hall–Kier alpha value is -1.06. The van der Waals surface area contributed by atoms with E-state index in [4.69, 9.17) is 0 Å². The maximum atomic E-state index is 11.2. The van der Waals surface area contributed by atoms with E-state index in [1.807, 2.05) is 0 Å². The standard InChI is InChI=1S/C6H9FO3/c1-2-10-6(8)3-4-9-5-7/h3-4H,2,5H2,1H3. The Morgan fingerprint density at radius 2 is 2.40 bits per heavy atom. The van der Waals surface area contributed by atoms with Gasteiger partial charge in [0.1, 0.15) is 0 Å². The molecule has 58 valence electrons. The zero-order valence-corrected chi connectivity index (χ0v) is 5.67. The van der Waals surface area contributed by atoms with Crippen molar-refractivity contribution in [3.05, 3.63) is 12.3 Å². The van der Waals surface area contributed by atoms with Crippen LogP contribution in [-0.4, -0.2) is 19.4 Å². The van der Waals surface area contributed by atoms with E-state index in [2.05, 4.69) is 9.47 Å². The maximum absolute atomic E-state index is 11.2. The quantitative estimate of drug-likeness (QED) is 0.339. The van der Waals surface area contributed by atoms with E-state index >= 15 is 0 Å². The van der Waals surface area contributed by atoms with Gasteiger partial charge in [-0.2, -0.15) is 0 Å². The third-order valence-corrected chi connectivity index (χ3v) is 0.650. The van der Waals surface area contributed by atoms with Crippen molar-refractivity contribution in [2.24, 2.45) is 0 Å². The Morgan fingerprint density at radius 1 is 1.70 bits per heavy atom. The minimum Gasteiger partial charge on any atom is -0.470 e. The summed E-state index contributed by atoms with van der Waals surface area (Å²) in [6.45, 7) is 1.05. The van der Waals surface area contributed by atoms with Gasteiger partial charge in [0.25, 0.3) is 0 Å². The number of alkyl halides is 1. The Morgan fingerprint density at radius 3 is 2.90 bits per heavy atom. The first-order valence-corrected chi connectivity index (χ1v) is 2.82. The van der Waals surface area contributed by atoms with Crippen molar-refractivity contribution in [3.8, 4) is 0 Å². The summed E-state index contributed by atoms with van der Waals surface area (Å²) in [4.78, 5) is 10.4. The average molecular weight is 148 g/mol. The molecule has 10 heavy (non-hydrogen) atoms. The van der Waals surface area contributed by atoms with Crippen molar-refractivity contribution >= 4 is 5.97 Å². The van der Waals surface area contributed by atoms with E-state index < -0.39 is 12.8 Å². The lowest BCUT2D eigenvalue weighted by molar-refractivity contribution is -0.137. The number of carbonyl (C=O) groups is 1. The third-order valence-electron chi connectivity index (χ3n) is 0.650. The van der Waals surface area contributed by atoms with Crippen LogP contribution in [0.25, 0.3) is 0 Å². The summed E-state index contributed by atoms with van der Waals surface area (Å²) in [6, 6.07) is 0. The molecule has 0 radical (unpaired) electrons. The lowest BCUT2D eigenvalue weighted by Gasteiger charge is -1.93. The van der Waals surface area contributed by atoms with Crippen LogP contribution in [0.2, 0.25) is 0 Å². The second-order valence-electron chi connectivity index (χ2n) is 1.33. The van der Waals surface area contributed by atoms with E-state index in [-0.39, 0.29) is 0 Å². The molecule has 0 N–H and O–H groups in total. The van der Waals surface area contributed by atoms with Gasteiger partial charge in [0.05, 0.1) is 18.9 Å². The molecular formula is C6H9FO3. The number of ether oxygens (including phenoxy) is 2. The number of esters is 1. The highest BCUT2D eigenvalue weighted by Gasteiger charge is 1.91. The van der Waals surface area contributed by atoms with E-state index in [1.54, 1.807) is 6.92 Å². The van der Waals surface area contributed by atoms with Crippen molar-refractivity contribution < 1.29 is 18.7 Å². The molecule has 0 spiro atoms. The molecule has 0 aromatic carbocycles. The van der Waals surface area contributed by atoms with Crippen molar-refractivity contribution in [1.29, 1.82) is 0 Å². The number of rotatable bonds is 4. The summed E-state index contributed by atoms with van der Waals surface area (Å²) in [7, 11) is 0. The number of hydrogen-bond acceptors (Lipinski definition) is 3. The summed E-state index contributed by atoms with van der Waals surface area (Å²) in [5.74, 6) is -0.532. The minimum atomic E-state index is -0.935. The normalized spacial score (nSPS) is 9.80. The Bertz CT molecular complexity index is 122. The molecule has 0 aliphatic rings. The zero-order valence-electron chi connectivity index (χ0n) is 5.67. The fourth-order valence-corrected chi connectivity index (χ4v) is 0.330. The van der Waals surface area contributed by atoms with Gasteiger partial charge < -0.3 is 9.47 Å². The van der Waals surface area contributed by atoms with Gasteiger partial charge in [-0.15, -0.1) is 0 Å². The van der Waals surface area contributed by atoms with Crippen molar-refractivity contribution in [2.45, 2.75) is 6.92 Å². The van der Waals surface area contributed by atoms with Gasteiger partial charge in [0, 0.05) is 0 Å². The molecule has 0 saturated heterocycles. The van der Waals surface area contributed by atoms with Crippen LogP contribution in [-0.2, 0) is 14.3 Å². The summed E-state index contributed by atoms with van der Waals surface area (Å²) in [5, 5.41) is 0. The number of carbonyl (C=O) groups excluding carboxylic acids is 1. The highest BCUT2D eigenvalue weighted by Crippen LogP contribution is 1.82. The molecule has 0 aliphatic carbocycles. The SMILES string of the molecule is CCOC(=O)C=COCF. The van der Waals surface area contributed by atoms with Crippen molar-refractivity contribution in [2.75, 3.05) is 13.5 Å². The van der Waals surface area contributed by atoms with Crippen LogP contribution < -0.4 is 0 Å². The number of hydrogen-bond donors (Lipinski definition) is 0. The molecule has 3 nitrogen and oxygen atoms in total. The first-order chi connectivity index (χ1) is 4.81. The van der Waals surface area contributed by atoms with Gasteiger partial charge >= 0.3 is 5.97 Å². The molecule has 0 rings (SSSR count). The third kappa shape index (κ3) is 5.08. The molecule has 0 aromatic rings. The molecule has 0 bridgehead atoms. The van der Waals surface area contributed by atoms with Crippen LogP contribution in [0, 0.1) is 0 Å². The predicted octanol–water partition coefficient (Wildman–Crippen LogP) is 1.01. The molecule has 0 fully saturated rings.